The largest absolute Gasteiger partial charge is 0.444 e. The number of aromatic nitrogens is 1. The highest BCUT2D eigenvalue weighted by Crippen LogP contribution is 2.36. The van der Waals surface area contributed by atoms with Crippen LogP contribution in [-0.4, -0.2) is 46.0 Å². The summed E-state index contributed by atoms with van der Waals surface area (Å²) < 4.78 is 5.42. The number of likely N-dealkylation sites (tertiary alicyclic amines) is 1. The summed E-state index contributed by atoms with van der Waals surface area (Å²) in [6.45, 7) is 6.91. The molecule has 1 saturated heterocycles. The number of rotatable bonds is 1. The van der Waals surface area contributed by atoms with Gasteiger partial charge in [-0.25, -0.2) is 9.78 Å². The lowest BCUT2D eigenvalue weighted by atomic mass is 9.87. The first-order chi connectivity index (χ1) is 10.4. The van der Waals surface area contributed by atoms with E-state index in [0.29, 0.717) is 13.1 Å². The Morgan fingerprint density at radius 1 is 1.41 bits per heavy atom. The Hall–Kier alpha value is -1.63. The summed E-state index contributed by atoms with van der Waals surface area (Å²) in [4.78, 5) is 23.9. The Morgan fingerprint density at radius 2 is 2.14 bits per heavy atom. The maximum Gasteiger partial charge on any atom is 0.410 e. The van der Waals surface area contributed by atoms with Crippen LogP contribution < -0.4 is 0 Å². The average Bonchev–Trinajstić information content (AvgIpc) is 3.07. The van der Waals surface area contributed by atoms with E-state index in [0.717, 1.165) is 30.0 Å². The van der Waals surface area contributed by atoms with Crippen molar-refractivity contribution in [1.82, 2.24) is 9.88 Å². The van der Waals surface area contributed by atoms with Crippen LogP contribution in [0.25, 0.3) is 0 Å². The highest BCUT2D eigenvalue weighted by molar-refractivity contribution is 7.11. The minimum atomic E-state index is -0.461. The lowest BCUT2D eigenvalue weighted by Gasteiger charge is -2.37. The van der Waals surface area contributed by atoms with E-state index in [1.807, 2.05) is 26.2 Å². The number of carbonyl (C=O) groups excluding carboxylic acids is 1. The number of carbonyl (C=O) groups is 1. The van der Waals surface area contributed by atoms with Crippen molar-refractivity contribution in [3.05, 3.63) is 16.6 Å². The summed E-state index contributed by atoms with van der Waals surface area (Å²) in [6, 6.07) is 0. The predicted octanol–water partition coefficient (Wildman–Crippen LogP) is 3.04. The van der Waals surface area contributed by atoms with E-state index in [9.17, 15) is 4.79 Å². The molecule has 22 heavy (non-hydrogen) atoms. The Balaban J connectivity index is 1.56. The monoisotopic (exact) mass is 323 g/mol. The zero-order chi connectivity index (χ0) is 15.8. The number of oxime groups is 1. The van der Waals surface area contributed by atoms with Gasteiger partial charge in [-0.15, -0.1) is 11.3 Å². The molecule has 1 fully saturated rings. The lowest BCUT2D eigenvalue weighted by molar-refractivity contribution is -0.0639. The molecule has 0 bridgehead atoms. The molecule has 0 unspecified atom stereocenters. The van der Waals surface area contributed by atoms with E-state index in [1.165, 1.54) is 0 Å². The molecular weight excluding hydrogens is 302 g/mol. The molecule has 7 heteroatoms. The molecule has 2 aliphatic rings. The van der Waals surface area contributed by atoms with Gasteiger partial charge in [-0.05, 0) is 20.8 Å². The molecular formula is C15H21N3O3S. The van der Waals surface area contributed by atoms with Crippen LogP contribution in [0.2, 0.25) is 0 Å². The molecule has 0 aromatic carbocycles. The summed E-state index contributed by atoms with van der Waals surface area (Å²) in [5, 5.41) is 7.08. The Bertz CT molecular complexity index is 569. The van der Waals surface area contributed by atoms with Gasteiger partial charge >= 0.3 is 6.09 Å². The number of hydrogen-bond acceptors (Lipinski definition) is 6. The number of hydrogen-bond donors (Lipinski definition) is 0. The smallest absolute Gasteiger partial charge is 0.410 e. The maximum absolute atomic E-state index is 12.1. The van der Waals surface area contributed by atoms with Crippen molar-refractivity contribution < 1.29 is 14.4 Å². The number of ether oxygens (including phenoxy) is 1. The highest BCUT2D eigenvalue weighted by atomic mass is 32.1. The minimum absolute atomic E-state index is 0.249. The molecule has 6 nitrogen and oxygen atoms in total. The van der Waals surface area contributed by atoms with Crippen LogP contribution >= 0.6 is 11.3 Å². The summed E-state index contributed by atoms with van der Waals surface area (Å²) in [5.74, 6) is 0. The third-order valence-electron chi connectivity index (χ3n) is 3.84. The topological polar surface area (TPSA) is 64.0 Å². The van der Waals surface area contributed by atoms with E-state index >= 15 is 0 Å². The van der Waals surface area contributed by atoms with E-state index in [1.54, 1.807) is 22.4 Å². The molecule has 0 N–H and O–H groups in total. The normalized spacial score (nSPS) is 20.7. The minimum Gasteiger partial charge on any atom is -0.444 e. The first-order valence-electron chi connectivity index (χ1n) is 7.50. The van der Waals surface area contributed by atoms with Crippen LogP contribution in [-0.2, 0) is 9.57 Å². The molecule has 1 aromatic heterocycles. The fourth-order valence-corrected chi connectivity index (χ4v) is 3.31. The van der Waals surface area contributed by atoms with Crippen molar-refractivity contribution in [3.63, 3.8) is 0 Å². The second kappa shape index (κ2) is 5.53. The van der Waals surface area contributed by atoms with Crippen LogP contribution in [0.1, 0.15) is 45.0 Å². The van der Waals surface area contributed by atoms with Gasteiger partial charge in [-0.2, -0.15) is 0 Å². The zero-order valence-corrected chi connectivity index (χ0v) is 14.0. The van der Waals surface area contributed by atoms with E-state index in [4.69, 9.17) is 9.57 Å². The fraction of sp³-hybridized carbons (Fsp3) is 0.667. The number of nitrogens with zero attached hydrogens (tertiary/aromatic N) is 3. The lowest BCUT2D eigenvalue weighted by Crippen LogP contribution is -2.48. The first kappa shape index (κ1) is 15.3. The molecule has 1 spiro atoms. The van der Waals surface area contributed by atoms with Crippen molar-refractivity contribution >= 4 is 23.1 Å². The summed E-state index contributed by atoms with van der Waals surface area (Å²) in [6.07, 6.45) is 3.83. The SMILES string of the molecule is CC(C)(C)OC(=O)N1CCC2(CC1)CC(c1nccs1)=NO2. The van der Waals surface area contributed by atoms with Crippen molar-refractivity contribution in [2.45, 2.75) is 51.2 Å². The van der Waals surface area contributed by atoms with E-state index < -0.39 is 5.60 Å². The van der Waals surface area contributed by atoms with Crippen molar-refractivity contribution in [1.29, 1.82) is 0 Å². The van der Waals surface area contributed by atoms with Gasteiger partial charge in [0.1, 0.15) is 21.9 Å². The van der Waals surface area contributed by atoms with Crippen LogP contribution in [0.5, 0.6) is 0 Å². The zero-order valence-electron chi connectivity index (χ0n) is 13.2. The van der Waals surface area contributed by atoms with Gasteiger partial charge in [0, 0.05) is 43.9 Å². The second-order valence-corrected chi connectivity index (χ2v) is 7.69. The molecule has 0 saturated carbocycles. The maximum atomic E-state index is 12.1. The number of piperidine rings is 1. The predicted molar refractivity (Wildman–Crippen MR) is 84.1 cm³/mol. The van der Waals surface area contributed by atoms with Gasteiger partial charge in [0.15, 0.2) is 0 Å². The van der Waals surface area contributed by atoms with Crippen molar-refractivity contribution in [2.24, 2.45) is 5.16 Å². The van der Waals surface area contributed by atoms with Gasteiger partial charge < -0.3 is 14.5 Å². The third-order valence-corrected chi connectivity index (χ3v) is 4.67. The average molecular weight is 323 g/mol. The number of amides is 1. The van der Waals surface area contributed by atoms with Gasteiger partial charge in [0.05, 0.1) is 0 Å². The Morgan fingerprint density at radius 3 is 2.73 bits per heavy atom. The van der Waals surface area contributed by atoms with Crippen molar-refractivity contribution in [3.8, 4) is 0 Å². The van der Waals surface area contributed by atoms with E-state index in [2.05, 4.69) is 10.1 Å². The van der Waals surface area contributed by atoms with Crippen LogP contribution in [0.15, 0.2) is 16.7 Å². The van der Waals surface area contributed by atoms with Crippen LogP contribution in [0, 0.1) is 0 Å². The molecule has 120 valence electrons. The van der Waals surface area contributed by atoms with Gasteiger partial charge in [-0.3, -0.25) is 0 Å². The Labute approximate surface area is 134 Å². The van der Waals surface area contributed by atoms with Crippen LogP contribution in [0.4, 0.5) is 4.79 Å². The Kier molecular flexibility index (Phi) is 3.84. The second-order valence-electron chi connectivity index (χ2n) is 6.79. The van der Waals surface area contributed by atoms with Crippen molar-refractivity contribution in [2.75, 3.05) is 13.1 Å². The molecule has 1 amide bonds. The molecule has 1 aromatic rings. The molecule has 0 aliphatic carbocycles. The van der Waals surface area contributed by atoms with Gasteiger partial charge in [0.2, 0.25) is 0 Å². The molecule has 0 radical (unpaired) electrons. The fourth-order valence-electron chi connectivity index (χ4n) is 2.69. The van der Waals surface area contributed by atoms with Gasteiger partial charge in [-0.1, -0.05) is 5.16 Å². The molecule has 3 rings (SSSR count). The first-order valence-corrected chi connectivity index (χ1v) is 8.38. The summed E-state index contributed by atoms with van der Waals surface area (Å²) in [7, 11) is 0. The van der Waals surface area contributed by atoms with E-state index in [-0.39, 0.29) is 11.7 Å². The summed E-state index contributed by atoms with van der Waals surface area (Å²) >= 11 is 1.57. The summed E-state index contributed by atoms with van der Waals surface area (Å²) in [5.41, 5.74) is 0.178. The quantitative estimate of drug-likeness (QED) is 0.797. The third kappa shape index (κ3) is 3.24. The standard InChI is InChI=1S/C15H21N3O3S/c1-14(2,3)20-13(19)18-7-4-15(5-8-18)10-11(17-21-15)12-16-6-9-22-12/h6,9H,4-5,7-8,10H2,1-3H3. The molecule has 0 atom stereocenters. The number of thiazole rings is 1. The van der Waals surface area contributed by atoms with Crippen LogP contribution in [0.3, 0.4) is 0 Å². The van der Waals surface area contributed by atoms with Gasteiger partial charge in [0.25, 0.3) is 0 Å². The molecule has 2 aliphatic heterocycles. The molecule has 3 heterocycles. The highest BCUT2D eigenvalue weighted by Gasteiger charge is 2.44.